The van der Waals surface area contributed by atoms with Crippen LogP contribution in [-0.2, 0) is 9.47 Å². The number of fused-ring (bicyclic) bond motifs is 2. The van der Waals surface area contributed by atoms with Crippen molar-refractivity contribution in [3.63, 3.8) is 0 Å². The summed E-state index contributed by atoms with van der Waals surface area (Å²) in [6, 6.07) is 0. The Morgan fingerprint density at radius 1 is 1.59 bits per heavy atom. The highest BCUT2D eigenvalue weighted by Gasteiger charge is 2.44. The third kappa shape index (κ3) is 2.95. The van der Waals surface area contributed by atoms with Crippen molar-refractivity contribution >= 4 is 28.7 Å². The second-order valence-electron chi connectivity index (χ2n) is 5.35. The molecule has 1 fully saturated rings. The molecule has 0 N–H and O–H groups in total. The minimum Gasteiger partial charge on any atom is -0.438 e. The van der Waals surface area contributed by atoms with Crippen LogP contribution in [0.2, 0.25) is 0 Å². The van der Waals surface area contributed by atoms with E-state index < -0.39 is 6.16 Å². The van der Waals surface area contributed by atoms with Gasteiger partial charge in [-0.2, -0.15) is 0 Å². The zero-order valence-corrected chi connectivity index (χ0v) is 12.5. The Balaban J connectivity index is 2.18. The van der Waals surface area contributed by atoms with Crippen molar-refractivity contribution in [2.24, 2.45) is 11.8 Å². The van der Waals surface area contributed by atoms with E-state index >= 15 is 0 Å². The van der Waals surface area contributed by atoms with Gasteiger partial charge in [-0.15, -0.1) is 0 Å². The summed E-state index contributed by atoms with van der Waals surface area (Å²) in [6.07, 6.45) is 5.80. The fraction of sp³-hybridized carbons (Fsp3) is 0.769. The topological polar surface area (TPSA) is 35.5 Å². The van der Waals surface area contributed by atoms with Gasteiger partial charge in [0, 0.05) is 10.8 Å². The minimum atomic E-state index is -0.535. The number of rotatable bonds is 2. The average Bonchev–Trinajstić information content (AvgIpc) is 2.26. The molecule has 17 heavy (non-hydrogen) atoms. The van der Waals surface area contributed by atoms with Crippen LogP contribution in [0.5, 0.6) is 0 Å². The van der Waals surface area contributed by atoms with Crippen molar-refractivity contribution < 1.29 is 14.3 Å². The molecule has 0 aromatic rings. The van der Waals surface area contributed by atoms with E-state index in [2.05, 4.69) is 40.3 Å². The van der Waals surface area contributed by atoms with Gasteiger partial charge in [-0.25, -0.2) is 4.79 Å². The molecule has 1 saturated carbocycles. The first kappa shape index (κ1) is 13.2. The van der Waals surface area contributed by atoms with Crippen molar-refractivity contribution in [2.75, 3.05) is 11.5 Å². The number of hydrogen-bond acceptors (Lipinski definition) is 3. The molecule has 0 radical (unpaired) electrons. The molecule has 0 saturated heterocycles. The van der Waals surface area contributed by atoms with Crippen molar-refractivity contribution in [1.29, 1.82) is 0 Å². The van der Waals surface area contributed by atoms with Crippen molar-refractivity contribution in [2.45, 2.75) is 38.2 Å². The predicted octanol–water partition coefficient (Wildman–Crippen LogP) is 3.71. The van der Waals surface area contributed by atoms with Gasteiger partial charge in [-0.05, 0) is 31.1 Å². The molecule has 2 aliphatic rings. The minimum absolute atomic E-state index is 0.301. The molecule has 0 aliphatic heterocycles. The number of ether oxygens (including phenoxy) is 2. The summed E-state index contributed by atoms with van der Waals surface area (Å²) < 4.78 is 11.4. The number of carbonyl (C=O) groups is 1. The number of carbonyl (C=O) groups excluding carboxylic acids is 1. The number of hydrogen-bond donors (Lipinski definition) is 0. The molecule has 2 rings (SSSR count). The highest BCUT2D eigenvalue weighted by atomic mass is 127. The van der Waals surface area contributed by atoms with Crippen LogP contribution < -0.4 is 0 Å². The highest BCUT2D eigenvalue weighted by Crippen LogP contribution is 2.46. The summed E-state index contributed by atoms with van der Waals surface area (Å²) in [6.45, 7) is 2.19. The van der Waals surface area contributed by atoms with Gasteiger partial charge >= 0.3 is 6.16 Å². The Morgan fingerprint density at radius 3 is 3.00 bits per heavy atom. The molecule has 0 aromatic heterocycles. The van der Waals surface area contributed by atoms with E-state index in [0.29, 0.717) is 11.8 Å². The van der Waals surface area contributed by atoms with Gasteiger partial charge in [0.25, 0.3) is 0 Å². The third-order valence-electron chi connectivity index (χ3n) is 3.66. The van der Waals surface area contributed by atoms with E-state index in [9.17, 15) is 4.79 Å². The van der Waals surface area contributed by atoms with E-state index in [1.54, 1.807) is 0 Å². The van der Waals surface area contributed by atoms with Crippen LogP contribution in [0, 0.1) is 11.8 Å². The Kier molecular flexibility index (Phi) is 4.00. The first-order valence-electron chi connectivity index (χ1n) is 6.09. The van der Waals surface area contributed by atoms with Crippen LogP contribution in [-0.4, -0.2) is 23.3 Å². The molecule has 0 heterocycles. The lowest BCUT2D eigenvalue weighted by Gasteiger charge is -2.44. The van der Waals surface area contributed by atoms with Crippen LogP contribution in [0.15, 0.2) is 11.6 Å². The molecule has 4 heteroatoms. The number of allylic oxidation sites excluding steroid dienone is 1. The van der Waals surface area contributed by atoms with E-state index in [1.807, 2.05) is 0 Å². The Hall–Kier alpha value is -0.260. The summed E-state index contributed by atoms with van der Waals surface area (Å²) in [7, 11) is 1.38. The summed E-state index contributed by atoms with van der Waals surface area (Å²) in [5, 5.41) is 0. The van der Waals surface area contributed by atoms with E-state index in [4.69, 9.17) is 4.74 Å². The molecule has 0 aromatic carbocycles. The second-order valence-corrected chi connectivity index (χ2v) is 6.23. The number of halogens is 1. The van der Waals surface area contributed by atoms with Crippen LogP contribution >= 0.6 is 22.6 Å². The smallest absolute Gasteiger partial charge is 0.438 e. The van der Waals surface area contributed by atoms with Gasteiger partial charge in [0.1, 0.15) is 5.60 Å². The van der Waals surface area contributed by atoms with Crippen LogP contribution in [0.4, 0.5) is 4.79 Å². The summed E-state index contributed by atoms with van der Waals surface area (Å²) in [4.78, 5) is 11.4. The normalized spacial score (nSPS) is 36.1. The Labute approximate surface area is 116 Å². The molecule has 3 atom stereocenters. The van der Waals surface area contributed by atoms with Gasteiger partial charge in [0.2, 0.25) is 0 Å². The molecule has 96 valence electrons. The summed E-state index contributed by atoms with van der Waals surface area (Å²) >= 11 is 2.42. The number of alkyl halides is 1. The van der Waals surface area contributed by atoms with Gasteiger partial charge in [-0.3, -0.25) is 0 Å². The molecule has 3 nitrogen and oxygen atoms in total. The zero-order valence-electron chi connectivity index (χ0n) is 10.4. The van der Waals surface area contributed by atoms with Gasteiger partial charge in [-0.1, -0.05) is 41.2 Å². The largest absolute Gasteiger partial charge is 0.508 e. The van der Waals surface area contributed by atoms with Crippen molar-refractivity contribution in [3.05, 3.63) is 11.6 Å². The summed E-state index contributed by atoms with van der Waals surface area (Å²) in [5.74, 6) is 1.13. The monoisotopic (exact) mass is 350 g/mol. The van der Waals surface area contributed by atoms with Crippen LogP contribution in [0.1, 0.15) is 32.6 Å². The lowest BCUT2D eigenvalue weighted by Crippen LogP contribution is -2.44. The molecular weight excluding hydrogens is 331 g/mol. The fourth-order valence-corrected chi connectivity index (χ4v) is 3.93. The fourth-order valence-electron chi connectivity index (χ4n) is 3.30. The lowest BCUT2D eigenvalue weighted by atomic mass is 9.68. The third-order valence-corrected chi connectivity index (χ3v) is 4.91. The highest BCUT2D eigenvalue weighted by molar-refractivity contribution is 14.1. The second kappa shape index (κ2) is 5.16. The van der Waals surface area contributed by atoms with E-state index in [0.717, 1.165) is 23.7 Å². The first-order valence-corrected chi connectivity index (χ1v) is 7.62. The molecule has 2 aliphatic carbocycles. The Bertz CT molecular complexity index is 340. The van der Waals surface area contributed by atoms with Gasteiger partial charge in [0.15, 0.2) is 0 Å². The molecule has 0 amide bonds. The molecular formula is C13H19IO3. The predicted molar refractivity (Wildman–Crippen MR) is 74.3 cm³/mol. The Morgan fingerprint density at radius 2 is 2.35 bits per heavy atom. The first-order chi connectivity index (χ1) is 8.07. The maximum absolute atomic E-state index is 11.4. The lowest BCUT2D eigenvalue weighted by molar-refractivity contribution is -0.0613. The van der Waals surface area contributed by atoms with Crippen LogP contribution in [0.3, 0.4) is 0 Å². The maximum atomic E-state index is 11.4. The van der Waals surface area contributed by atoms with Crippen LogP contribution in [0.25, 0.3) is 0 Å². The molecule has 2 bridgehead atoms. The number of methoxy groups -OCH3 is 1. The average molecular weight is 350 g/mol. The van der Waals surface area contributed by atoms with E-state index in [1.165, 1.54) is 19.1 Å². The maximum Gasteiger partial charge on any atom is 0.508 e. The zero-order chi connectivity index (χ0) is 12.5. The van der Waals surface area contributed by atoms with Crippen molar-refractivity contribution in [3.8, 4) is 0 Å². The molecule has 3 unspecified atom stereocenters. The summed E-state index contributed by atoms with van der Waals surface area (Å²) in [5.41, 5.74) is 1.16. The standard InChI is InChI=1S/C13H19IO3/c1-9-3-10-4-11(8-14)7-13(5-9,6-10)17-12(15)16-2/h3,9,11H,4-8H2,1-2H3. The SMILES string of the molecule is COC(=O)OC12CC(=CC(C)C1)CC(CI)C2. The van der Waals surface area contributed by atoms with Gasteiger partial charge < -0.3 is 9.47 Å². The molecule has 0 spiro atoms. The quantitative estimate of drug-likeness (QED) is 0.330. The van der Waals surface area contributed by atoms with E-state index in [-0.39, 0.29) is 5.60 Å². The van der Waals surface area contributed by atoms with Gasteiger partial charge in [0.05, 0.1) is 7.11 Å². The van der Waals surface area contributed by atoms with Crippen molar-refractivity contribution in [1.82, 2.24) is 0 Å².